The fourth-order valence-corrected chi connectivity index (χ4v) is 2.83. The number of rotatable bonds is 8. The number of aliphatic hydroxyl groups is 1. The molecule has 26 heavy (non-hydrogen) atoms. The van der Waals surface area contributed by atoms with Gasteiger partial charge in [0.25, 0.3) is 0 Å². The van der Waals surface area contributed by atoms with E-state index >= 15 is 0 Å². The van der Waals surface area contributed by atoms with Crippen molar-refractivity contribution in [3.8, 4) is 0 Å². The van der Waals surface area contributed by atoms with Gasteiger partial charge in [0.05, 0.1) is 6.61 Å². The summed E-state index contributed by atoms with van der Waals surface area (Å²) < 4.78 is 0. The summed E-state index contributed by atoms with van der Waals surface area (Å²) in [5, 5.41) is 12.3. The summed E-state index contributed by atoms with van der Waals surface area (Å²) in [6.45, 7) is 1.75. The third kappa shape index (κ3) is 5.86. The van der Waals surface area contributed by atoms with Crippen LogP contribution in [0.3, 0.4) is 0 Å². The van der Waals surface area contributed by atoms with Crippen molar-refractivity contribution in [3.63, 3.8) is 0 Å². The van der Waals surface area contributed by atoms with Crippen LogP contribution in [0.15, 0.2) is 54.6 Å². The van der Waals surface area contributed by atoms with E-state index < -0.39 is 6.04 Å². The summed E-state index contributed by atoms with van der Waals surface area (Å²) in [6, 6.07) is 16.1. The fraction of sp³-hybridized carbons (Fsp3) is 0.300. The van der Waals surface area contributed by atoms with Gasteiger partial charge in [-0.3, -0.25) is 9.59 Å². The highest BCUT2D eigenvalue weighted by Gasteiger charge is 2.28. The molecule has 0 aromatic heterocycles. The van der Waals surface area contributed by atoms with Crippen molar-refractivity contribution in [2.24, 2.45) is 0 Å². The van der Waals surface area contributed by atoms with Gasteiger partial charge in [-0.25, -0.2) is 0 Å². The molecule has 5 nitrogen and oxygen atoms in total. The van der Waals surface area contributed by atoms with Gasteiger partial charge in [0.15, 0.2) is 0 Å². The van der Waals surface area contributed by atoms with E-state index in [0.29, 0.717) is 18.0 Å². The number of aliphatic hydroxyl groups excluding tert-OH is 1. The summed E-state index contributed by atoms with van der Waals surface area (Å²) in [6.07, 6.45) is 0.394. The molecule has 0 bridgehead atoms. The predicted octanol–water partition coefficient (Wildman–Crippen LogP) is 2.41. The SMILES string of the molecule is CC(=O)N(Cc1ccc(Cl)cc1)[C@H](Cc1ccccc1)C(=O)NCCO. The van der Waals surface area contributed by atoms with Crippen molar-refractivity contribution in [2.45, 2.75) is 25.9 Å². The first kappa shape index (κ1) is 19.9. The molecule has 0 fully saturated rings. The smallest absolute Gasteiger partial charge is 0.243 e. The van der Waals surface area contributed by atoms with Gasteiger partial charge in [0.2, 0.25) is 11.8 Å². The third-order valence-electron chi connectivity index (χ3n) is 4.03. The van der Waals surface area contributed by atoms with E-state index in [-0.39, 0.29) is 25.0 Å². The molecule has 0 heterocycles. The first-order valence-corrected chi connectivity index (χ1v) is 8.83. The second kappa shape index (κ2) is 9.94. The second-order valence-electron chi connectivity index (χ2n) is 5.99. The lowest BCUT2D eigenvalue weighted by atomic mass is 10.0. The van der Waals surface area contributed by atoms with Crippen molar-refractivity contribution in [1.29, 1.82) is 0 Å². The van der Waals surface area contributed by atoms with Crippen LogP contribution in [0.25, 0.3) is 0 Å². The van der Waals surface area contributed by atoms with Gasteiger partial charge in [0, 0.05) is 31.5 Å². The van der Waals surface area contributed by atoms with Gasteiger partial charge in [-0.1, -0.05) is 54.1 Å². The standard InChI is InChI=1S/C20H23ClN2O3/c1-15(25)23(14-17-7-9-18(21)10-8-17)19(20(26)22-11-12-24)13-16-5-3-2-4-6-16/h2-10,19,24H,11-14H2,1H3,(H,22,26)/t19-/m1/s1. The summed E-state index contributed by atoms with van der Waals surface area (Å²) >= 11 is 5.92. The predicted molar refractivity (Wildman–Crippen MR) is 102 cm³/mol. The lowest BCUT2D eigenvalue weighted by Gasteiger charge is -2.30. The van der Waals surface area contributed by atoms with Gasteiger partial charge in [-0.2, -0.15) is 0 Å². The Labute approximate surface area is 158 Å². The molecule has 1 atom stereocenters. The molecule has 0 saturated carbocycles. The van der Waals surface area contributed by atoms with Crippen LogP contribution in [0.2, 0.25) is 5.02 Å². The van der Waals surface area contributed by atoms with Crippen molar-refractivity contribution in [2.75, 3.05) is 13.2 Å². The number of nitrogens with zero attached hydrogens (tertiary/aromatic N) is 1. The number of carbonyl (C=O) groups is 2. The summed E-state index contributed by atoms with van der Waals surface area (Å²) in [5.41, 5.74) is 1.84. The average molecular weight is 375 g/mol. The summed E-state index contributed by atoms with van der Waals surface area (Å²) in [4.78, 5) is 26.5. The molecule has 2 N–H and O–H groups in total. The molecule has 0 spiro atoms. The maximum Gasteiger partial charge on any atom is 0.243 e. The molecule has 6 heteroatoms. The minimum atomic E-state index is -0.669. The number of amides is 2. The molecule has 0 aliphatic carbocycles. The largest absolute Gasteiger partial charge is 0.395 e. The lowest BCUT2D eigenvalue weighted by Crippen LogP contribution is -2.50. The molecule has 0 unspecified atom stereocenters. The second-order valence-corrected chi connectivity index (χ2v) is 6.43. The fourth-order valence-electron chi connectivity index (χ4n) is 2.71. The van der Waals surface area contributed by atoms with Crippen LogP contribution in [0.1, 0.15) is 18.1 Å². The van der Waals surface area contributed by atoms with E-state index in [1.54, 1.807) is 17.0 Å². The minimum absolute atomic E-state index is 0.150. The molecule has 0 radical (unpaired) electrons. The van der Waals surface area contributed by atoms with Gasteiger partial charge < -0.3 is 15.3 Å². The normalized spacial score (nSPS) is 11.7. The Morgan fingerprint density at radius 1 is 1.08 bits per heavy atom. The van der Waals surface area contributed by atoms with Crippen LogP contribution in [-0.2, 0) is 22.6 Å². The van der Waals surface area contributed by atoms with Crippen LogP contribution < -0.4 is 5.32 Å². The highest BCUT2D eigenvalue weighted by atomic mass is 35.5. The first-order chi connectivity index (χ1) is 12.5. The minimum Gasteiger partial charge on any atom is -0.395 e. The molecule has 0 saturated heterocycles. The van der Waals surface area contributed by atoms with Gasteiger partial charge in [0.1, 0.15) is 6.04 Å². The number of hydrogen-bond acceptors (Lipinski definition) is 3. The summed E-state index contributed by atoms with van der Waals surface area (Å²) in [7, 11) is 0. The quantitative estimate of drug-likeness (QED) is 0.745. The maximum atomic E-state index is 12.7. The third-order valence-corrected chi connectivity index (χ3v) is 4.28. The van der Waals surface area contributed by atoms with Crippen LogP contribution in [-0.4, -0.2) is 41.0 Å². The lowest BCUT2D eigenvalue weighted by molar-refractivity contribution is -0.139. The monoisotopic (exact) mass is 374 g/mol. The Morgan fingerprint density at radius 3 is 2.31 bits per heavy atom. The molecule has 138 valence electrons. The maximum absolute atomic E-state index is 12.7. The van der Waals surface area contributed by atoms with Gasteiger partial charge in [-0.15, -0.1) is 0 Å². The van der Waals surface area contributed by atoms with E-state index in [1.807, 2.05) is 42.5 Å². The van der Waals surface area contributed by atoms with Crippen molar-refractivity contribution in [3.05, 3.63) is 70.7 Å². The number of halogens is 1. The van der Waals surface area contributed by atoms with Crippen molar-refractivity contribution >= 4 is 23.4 Å². The number of carbonyl (C=O) groups excluding carboxylic acids is 2. The zero-order valence-corrected chi connectivity index (χ0v) is 15.4. The molecule has 2 aromatic rings. The van der Waals surface area contributed by atoms with E-state index in [1.165, 1.54) is 6.92 Å². The van der Waals surface area contributed by atoms with E-state index in [2.05, 4.69) is 5.32 Å². The van der Waals surface area contributed by atoms with Crippen LogP contribution in [0.4, 0.5) is 0 Å². The number of benzene rings is 2. The van der Waals surface area contributed by atoms with E-state index in [0.717, 1.165) is 11.1 Å². The van der Waals surface area contributed by atoms with Gasteiger partial charge in [-0.05, 0) is 23.3 Å². The Balaban J connectivity index is 2.26. The summed E-state index contributed by atoms with van der Waals surface area (Å²) in [5.74, 6) is -0.480. The molecular weight excluding hydrogens is 352 g/mol. The topological polar surface area (TPSA) is 69.6 Å². The Morgan fingerprint density at radius 2 is 1.73 bits per heavy atom. The number of nitrogens with one attached hydrogen (secondary N) is 1. The zero-order chi connectivity index (χ0) is 18.9. The molecule has 2 amide bonds. The highest BCUT2D eigenvalue weighted by molar-refractivity contribution is 6.30. The van der Waals surface area contributed by atoms with Gasteiger partial charge >= 0.3 is 0 Å². The Kier molecular flexibility index (Phi) is 7.63. The molecule has 0 aliphatic heterocycles. The van der Waals surface area contributed by atoms with E-state index in [4.69, 9.17) is 16.7 Å². The van der Waals surface area contributed by atoms with Crippen molar-refractivity contribution in [1.82, 2.24) is 10.2 Å². The first-order valence-electron chi connectivity index (χ1n) is 8.45. The molecular formula is C20H23ClN2O3. The Bertz CT molecular complexity index is 720. The molecule has 0 aliphatic rings. The molecule has 2 aromatic carbocycles. The Hall–Kier alpha value is -2.37. The van der Waals surface area contributed by atoms with E-state index in [9.17, 15) is 9.59 Å². The average Bonchev–Trinajstić information content (AvgIpc) is 2.64. The van der Waals surface area contributed by atoms with Crippen LogP contribution >= 0.6 is 11.6 Å². The zero-order valence-electron chi connectivity index (χ0n) is 14.7. The van der Waals surface area contributed by atoms with Crippen LogP contribution in [0, 0.1) is 0 Å². The molecule has 2 rings (SSSR count). The van der Waals surface area contributed by atoms with Crippen LogP contribution in [0.5, 0.6) is 0 Å². The highest BCUT2D eigenvalue weighted by Crippen LogP contribution is 2.16. The number of hydrogen-bond donors (Lipinski definition) is 2. The van der Waals surface area contributed by atoms with Crippen molar-refractivity contribution < 1.29 is 14.7 Å².